The summed E-state index contributed by atoms with van der Waals surface area (Å²) in [7, 11) is 3.46. The van der Waals surface area contributed by atoms with Crippen LogP contribution in [0.1, 0.15) is 10.4 Å². The van der Waals surface area contributed by atoms with Gasteiger partial charge >= 0.3 is 0 Å². The normalized spacial score (nSPS) is 10.1. The van der Waals surface area contributed by atoms with Gasteiger partial charge < -0.3 is 14.4 Å². The lowest BCUT2D eigenvalue weighted by molar-refractivity contribution is 0.0827. The number of hydrogen-bond acceptors (Lipinski definition) is 3. The fraction of sp³-hybridized carbons (Fsp3) is 0.235. The smallest absolute Gasteiger partial charge is 0.253 e. The molecular formula is C17H18BrNO3. The van der Waals surface area contributed by atoms with Crippen LogP contribution in [-0.2, 0) is 0 Å². The summed E-state index contributed by atoms with van der Waals surface area (Å²) < 4.78 is 12.2. The van der Waals surface area contributed by atoms with E-state index in [1.165, 1.54) is 0 Å². The highest BCUT2D eigenvalue weighted by Crippen LogP contribution is 2.18. The second-order valence-corrected chi connectivity index (χ2v) is 5.79. The average Bonchev–Trinajstić information content (AvgIpc) is 2.51. The maximum absolute atomic E-state index is 11.8. The predicted octanol–water partition coefficient (Wildman–Crippen LogP) is 3.61. The van der Waals surface area contributed by atoms with E-state index >= 15 is 0 Å². The molecule has 0 aliphatic rings. The molecule has 0 N–H and O–H groups in total. The zero-order valence-corrected chi connectivity index (χ0v) is 14.2. The Balaban J connectivity index is 1.79. The Kier molecular flexibility index (Phi) is 5.83. The number of ether oxygens (including phenoxy) is 2. The summed E-state index contributed by atoms with van der Waals surface area (Å²) in [5, 5.41) is 0. The standard InChI is InChI=1S/C17H18BrNO3/c1-19(2)17(20)13-6-8-15(9-7-13)21-10-11-22-16-5-3-4-14(18)12-16/h3-9,12H,10-11H2,1-2H3. The van der Waals surface area contributed by atoms with Crippen LogP contribution in [0.5, 0.6) is 11.5 Å². The predicted molar refractivity (Wildman–Crippen MR) is 89.6 cm³/mol. The number of benzene rings is 2. The molecule has 0 unspecified atom stereocenters. The number of rotatable bonds is 6. The van der Waals surface area contributed by atoms with Gasteiger partial charge in [0, 0.05) is 24.1 Å². The fourth-order valence-electron chi connectivity index (χ4n) is 1.83. The van der Waals surface area contributed by atoms with E-state index in [0.29, 0.717) is 24.5 Å². The van der Waals surface area contributed by atoms with Crippen molar-refractivity contribution in [2.45, 2.75) is 0 Å². The maximum atomic E-state index is 11.8. The van der Waals surface area contributed by atoms with Gasteiger partial charge in [0.05, 0.1) is 0 Å². The quantitative estimate of drug-likeness (QED) is 0.735. The van der Waals surface area contributed by atoms with Crippen molar-refractivity contribution in [3.05, 3.63) is 58.6 Å². The van der Waals surface area contributed by atoms with Crippen LogP contribution in [0.3, 0.4) is 0 Å². The molecule has 0 bridgehead atoms. The van der Waals surface area contributed by atoms with Gasteiger partial charge in [-0.3, -0.25) is 4.79 Å². The van der Waals surface area contributed by atoms with Crippen LogP contribution < -0.4 is 9.47 Å². The van der Waals surface area contributed by atoms with E-state index in [4.69, 9.17) is 9.47 Å². The van der Waals surface area contributed by atoms with Crippen LogP contribution in [0, 0.1) is 0 Å². The Morgan fingerprint density at radius 3 is 2.23 bits per heavy atom. The van der Waals surface area contributed by atoms with Crippen molar-refractivity contribution in [2.75, 3.05) is 27.3 Å². The molecule has 2 rings (SSSR count). The van der Waals surface area contributed by atoms with E-state index in [1.54, 1.807) is 43.3 Å². The number of amides is 1. The van der Waals surface area contributed by atoms with Crippen LogP contribution in [-0.4, -0.2) is 38.1 Å². The van der Waals surface area contributed by atoms with Gasteiger partial charge in [-0.15, -0.1) is 0 Å². The fourth-order valence-corrected chi connectivity index (χ4v) is 2.21. The molecule has 0 aromatic heterocycles. The Bertz CT molecular complexity index is 626. The van der Waals surface area contributed by atoms with Crippen LogP contribution in [0.15, 0.2) is 53.0 Å². The molecule has 4 nitrogen and oxygen atoms in total. The van der Waals surface area contributed by atoms with Crippen LogP contribution in [0.4, 0.5) is 0 Å². The van der Waals surface area contributed by atoms with Gasteiger partial charge in [-0.1, -0.05) is 22.0 Å². The van der Waals surface area contributed by atoms with Gasteiger partial charge in [0.25, 0.3) is 5.91 Å². The minimum absolute atomic E-state index is 0.0236. The molecule has 0 saturated heterocycles. The molecule has 0 heterocycles. The van der Waals surface area contributed by atoms with Gasteiger partial charge in [-0.05, 0) is 42.5 Å². The first-order valence-electron chi connectivity index (χ1n) is 6.89. The number of nitrogens with zero attached hydrogens (tertiary/aromatic N) is 1. The van der Waals surface area contributed by atoms with E-state index < -0.39 is 0 Å². The van der Waals surface area contributed by atoms with Gasteiger partial charge in [-0.2, -0.15) is 0 Å². The lowest BCUT2D eigenvalue weighted by Crippen LogP contribution is -2.21. The third-order valence-electron chi connectivity index (χ3n) is 2.92. The molecule has 116 valence electrons. The highest BCUT2D eigenvalue weighted by Gasteiger charge is 2.07. The molecule has 2 aromatic carbocycles. The average molecular weight is 364 g/mol. The van der Waals surface area contributed by atoms with E-state index in [-0.39, 0.29) is 5.91 Å². The van der Waals surface area contributed by atoms with Gasteiger partial charge in [0.15, 0.2) is 0 Å². The number of carbonyl (C=O) groups is 1. The second kappa shape index (κ2) is 7.84. The maximum Gasteiger partial charge on any atom is 0.253 e. The second-order valence-electron chi connectivity index (χ2n) is 4.88. The van der Waals surface area contributed by atoms with Crippen molar-refractivity contribution in [1.29, 1.82) is 0 Å². The summed E-state index contributed by atoms with van der Waals surface area (Å²) in [6, 6.07) is 14.8. The zero-order chi connectivity index (χ0) is 15.9. The minimum atomic E-state index is -0.0236. The third kappa shape index (κ3) is 4.77. The van der Waals surface area contributed by atoms with Crippen molar-refractivity contribution in [3.8, 4) is 11.5 Å². The first-order chi connectivity index (χ1) is 10.6. The molecule has 0 atom stereocenters. The van der Waals surface area contributed by atoms with E-state index in [2.05, 4.69) is 15.9 Å². The SMILES string of the molecule is CN(C)C(=O)c1ccc(OCCOc2cccc(Br)c2)cc1. The molecule has 22 heavy (non-hydrogen) atoms. The van der Waals surface area contributed by atoms with E-state index in [1.807, 2.05) is 24.3 Å². The molecule has 0 aliphatic heterocycles. The number of carbonyl (C=O) groups excluding carboxylic acids is 1. The van der Waals surface area contributed by atoms with Crippen molar-refractivity contribution in [1.82, 2.24) is 4.90 Å². The molecule has 5 heteroatoms. The first kappa shape index (κ1) is 16.4. The molecule has 0 radical (unpaired) electrons. The molecule has 0 spiro atoms. The van der Waals surface area contributed by atoms with Gasteiger partial charge in [0.1, 0.15) is 24.7 Å². The van der Waals surface area contributed by atoms with Gasteiger partial charge in [0.2, 0.25) is 0 Å². The largest absolute Gasteiger partial charge is 0.490 e. The zero-order valence-electron chi connectivity index (χ0n) is 12.6. The molecule has 2 aromatic rings. The summed E-state index contributed by atoms with van der Waals surface area (Å²) in [6.07, 6.45) is 0. The van der Waals surface area contributed by atoms with E-state index in [9.17, 15) is 4.79 Å². The topological polar surface area (TPSA) is 38.8 Å². The van der Waals surface area contributed by atoms with Crippen LogP contribution >= 0.6 is 15.9 Å². The lowest BCUT2D eigenvalue weighted by atomic mass is 10.2. The molecular weight excluding hydrogens is 346 g/mol. The molecule has 0 fully saturated rings. The van der Waals surface area contributed by atoms with Crippen LogP contribution in [0.25, 0.3) is 0 Å². The number of halogens is 1. The van der Waals surface area contributed by atoms with Crippen LogP contribution in [0.2, 0.25) is 0 Å². The molecule has 0 aliphatic carbocycles. The monoisotopic (exact) mass is 363 g/mol. The van der Waals surface area contributed by atoms with Crippen molar-refractivity contribution in [2.24, 2.45) is 0 Å². The first-order valence-corrected chi connectivity index (χ1v) is 7.68. The molecule has 1 amide bonds. The van der Waals surface area contributed by atoms with Gasteiger partial charge in [-0.25, -0.2) is 0 Å². The minimum Gasteiger partial charge on any atom is -0.490 e. The summed E-state index contributed by atoms with van der Waals surface area (Å²) in [5.74, 6) is 1.49. The Labute approximate surface area is 138 Å². The molecule has 0 saturated carbocycles. The van der Waals surface area contributed by atoms with E-state index in [0.717, 1.165) is 10.2 Å². The number of hydrogen-bond donors (Lipinski definition) is 0. The summed E-state index contributed by atoms with van der Waals surface area (Å²) in [4.78, 5) is 13.3. The van der Waals surface area contributed by atoms with Crippen molar-refractivity contribution in [3.63, 3.8) is 0 Å². The summed E-state index contributed by atoms with van der Waals surface area (Å²) >= 11 is 3.39. The van der Waals surface area contributed by atoms with Crippen molar-refractivity contribution >= 4 is 21.8 Å². The Morgan fingerprint density at radius 2 is 1.64 bits per heavy atom. The third-order valence-corrected chi connectivity index (χ3v) is 3.42. The Hall–Kier alpha value is -2.01. The summed E-state index contributed by atoms with van der Waals surface area (Å²) in [6.45, 7) is 0.891. The Morgan fingerprint density at radius 1 is 1.00 bits per heavy atom. The highest BCUT2D eigenvalue weighted by atomic mass is 79.9. The lowest BCUT2D eigenvalue weighted by Gasteiger charge is -2.11. The van der Waals surface area contributed by atoms with Crippen molar-refractivity contribution < 1.29 is 14.3 Å². The highest BCUT2D eigenvalue weighted by molar-refractivity contribution is 9.10. The summed E-state index contributed by atoms with van der Waals surface area (Å²) in [5.41, 5.74) is 0.641.